The van der Waals surface area contributed by atoms with Gasteiger partial charge in [-0.25, -0.2) is 0 Å². The van der Waals surface area contributed by atoms with Gasteiger partial charge in [0.05, 0.1) is 11.7 Å². The van der Waals surface area contributed by atoms with E-state index in [1.54, 1.807) is 0 Å². The summed E-state index contributed by atoms with van der Waals surface area (Å²) in [6, 6.07) is 4.69. The SMILES string of the molecule is COCCC(O)c1cccc(C(F)(F)F)c1. The molecule has 0 saturated carbocycles. The Morgan fingerprint density at radius 2 is 2.06 bits per heavy atom. The van der Waals surface area contributed by atoms with Crippen LogP contribution in [0.4, 0.5) is 13.2 Å². The van der Waals surface area contributed by atoms with Crippen LogP contribution in [0.1, 0.15) is 23.7 Å². The van der Waals surface area contributed by atoms with Crippen LogP contribution >= 0.6 is 0 Å². The minimum atomic E-state index is -4.38. The molecule has 90 valence electrons. The summed E-state index contributed by atoms with van der Waals surface area (Å²) < 4.78 is 41.9. The van der Waals surface area contributed by atoms with Gasteiger partial charge in [0, 0.05) is 20.1 Å². The van der Waals surface area contributed by atoms with Gasteiger partial charge in [-0.2, -0.15) is 13.2 Å². The molecular weight excluding hydrogens is 221 g/mol. The van der Waals surface area contributed by atoms with Crippen molar-refractivity contribution in [3.63, 3.8) is 0 Å². The second-order valence-corrected chi connectivity index (χ2v) is 3.42. The summed E-state index contributed by atoms with van der Waals surface area (Å²) in [5.74, 6) is 0. The molecule has 0 saturated heterocycles. The highest BCUT2D eigenvalue weighted by molar-refractivity contribution is 5.27. The number of hydrogen-bond acceptors (Lipinski definition) is 2. The molecule has 0 fully saturated rings. The first-order valence-corrected chi connectivity index (χ1v) is 4.79. The summed E-state index contributed by atoms with van der Waals surface area (Å²) in [6.45, 7) is 0.303. The highest BCUT2D eigenvalue weighted by Crippen LogP contribution is 2.31. The number of hydrogen-bond donors (Lipinski definition) is 1. The number of alkyl halides is 3. The Hall–Kier alpha value is -1.07. The smallest absolute Gasteiger partial charge is 0.388 e. The molecule has 2 nitrogen and oxygen atoms in total. The van der Waals surface area contributed by atoms with E-state index >= 15 is 0 Å². The lowest BCUT2D eigenvalue weighted by Crippen LogP contribution is -2.07. The van der Waals surface area contributed by atoms with Gasteiger partial charge in [-0.05, 0) is 17.7 Å². The van der Waals surface area contributed by atoms with Gasteiger partial charge < -0.3 is 9.84 Å². The van der Waals surface area contributed by atoms with Crippen LogP contribution in [0, 0.1) is 0 Å². The van der Waals surface area contributed by atoms with E-state index in [-0.39, 0.29) is 12.0 Å². The molecule has 0 heterocycles. The molecule has 16 heavy (non-hydrogen) atoms. The zero-order valence-electron chi connectivity index (χ0n) is 8.79. The Labute approximate surface area is 91.7 Å². The quantitative estimate of drug-likeness (QED) is 0.868. The van der Waals surface area contributed by atoms with Crippen molar-refractivity contribution in [1.82, 2.24) is 0 Å². The van der Waals surface area contributed by atoms with Gasteiger partial charge in [-0.1, -0.05) is 12.1 Å². The van der Waals surface area contributed by atoms with Crippen molar-refractivity contribution in [2.75, 3.05) is 13.7 Å². The van der Waals surface area contributed by atoms with Gasteiger partial charge in [0.1, 0.15) is 0 Å². The van der Waals surface area contributed by atoms with E-state index in [4.69, 9.17) is 4.74 Å². The van der Waals surface area contributed by atoms with Crippen molar-refractivity contribution >= 4 is 0 Å². The highest BCUT2D eigenvalue weighted by atomic mass is 19.4. The maximum absolute atomic E-state index is 12.4. The molecule has 1 atom stereocenters. The predicted molar refractivity (Wildman–Crippen MR) is 52.9 cm³/mol. The van der Waals surface area contributed by atoms with Crippen molar-refractivity contribution in [3.05, 3.63) is 35.4 Å². The number of methoxy groups -OCH3 is 1. The third-order valence-corrected chi connectivity index (χ3v) is 2.19. The predicted octanol–water partition coefficient (Wildman–Crippen LogP) is 2.78. The lowest BCUT2D eigenvalue weighted by molar-refractivity contribution is -0.137. The molecule has 0 aliphatic rings. The van der Waals surface area contributed by atoms with Crippen molar-refractivity contribution in [3.8, 4) is 0 Å². The molecule has 0 amide bonds. The molecule has 0 bridgehead atoms. The Kier molecular flexibility index (Phi) is 4.32. The van der Waals surface area contributed by atoms with Crippen LogP contribution < -0.4 is 0 Å². The van der Waals surface area contributed by atoms with Crippen molar-refractivity contribution in [1.29, 1.82) is 0 Å². The number of halogens is 3. The van der Waals surface area contributed by atoms with Crippen LogP contribution in [0.2, 0.25) is 0 Å². The third-order valence-electron chi connectivity index (χ3n) is 2.19. The fourth-order valence-corrected chi connectivity index (χ4v) is 1.32. The highest BCUT2D eigenvalue weighted by Gasteiger charge is 2.30. The first-order chi connectivity index (χ1) is 7.45. The Balaban J connectivity index is 2.82. The molecule has 0 spiro atoms. The normalized spacial score (nSPS) is 13.8. The fourth-order valence-electron chi connectivity index (χ4n) is 1.32. The number of rotatable bonds is 4. The zero-order valence-corrected chi connectivity index (χ0v) is 8.79. The van der Waals surface area contributed by atoms with Gasteiger partial charge in [0.25, 0.3) is 0 Å². The molecule has 5 heteroatoms. The summed E-state index contributed by atoms with van der Waals surface area (Å²) in [5, 5.41) is 9.59. The molecule has 1 unspecified atom stereocenters. The Morgan fingerprint density at radius 3 is 2.62 bits per heavy atom. The topological polar surface area (TPSA) is 29.5 Å². The van der Waals surface area contributed by atoms with Gasteiger partial charge in [-0.3, -0.25) is 0 Å². The molecule has 1 N–H and O–H groups in total. The lowest BCUT2D eigenvalue weighted by Gasteiger charge is -2.13. The number of aliphatic hydroxyl groups is 1. The van der Waals surface area contributed by atoms with E-state index in [9.17, 15) is 18.3 Å². The van der Waals surface area contributed by atoms with Crippen molar-refractivity contribution in [2.45, 2.75) is 18.7 Å². The average Bonchev–Trinajstić information content (AvgIpc) is 2.25. The summed E-state index contributed by atoms with van der Waals surface area (Å²) in [4.78, 5) is 0. The molecule has 1 rings (SSSR count). The monoisotopic (exact) mass is 234 g/mol. The largest absolute Gasteiger partial charge is 0.416 e. The Bertz CT molecular complexity index is 336. The van der Waals surface area contributed by atoms with Gasteiger partial charge >= 0.3 is 6.18 Å². The summed E-state index contributed by atoms with van der Waals surface area (Å²) in [5.41, 5.74) is -0.492. The van der Waals surface area contributed by atoms with Crippen LogP contribution in [-0.4, -0.2) is 18.8 Å². The maximum atomic E-state index is 12.4. The van der Waals surface area contributed by atoms with E-state index in [1.165, 1.54) is 19.2 Å². The molecule has 0 aliphatic heterocycles. The summed E-state index contributed by atoms with van der Waals surface area (Å²) in [7, 11) is 1.47. The van der Waals surface area contributed by atoms with E-state index < -0.39 is 17.8 Å². The standard InChI is InChI=1S/C11H13F3O2/c1-16-6-5-10(15)8-3-2-4-9(7-8)11(12,13)14/h2-4,7,10,15H,5-6H2,1H3. The van der Waals surface area contributed by atoms with Crippen LogP contribution in [0.3, 0.4) is 0 Å². The third kappa shape index (κ3) is 3.50. The minimum absolute atomic E-state index is 0.256. The first-order valence-electron chi connectivity index (χ1n) is 4.79. The number of aliphatic hydroxyl groups excluding tert-OH is 1. The summed E-state index contributed by atoms with van der Waals surface area (Å²) >= 11 is 0. The molecule has 0 radical (unpaired) electrons. The maximum Gasteiger partial charge on any atom is 0.416 e. The molecule has 1 aromatic rings. The number of ether oxygens (including phenoxy) is 1. The van der Waals surface area contributed by atoms with Gasteiger partial charge in [0.15, 0.2) is 0 Å². The second-order valence-electron chi connectivity index (χ2n) is 3.42. The van der Waals surface area contributed by atoms with Gasteiger partial charge in [0.2, 0.25) is 0 Å². The van der Waals surface area contributed by atoms with Crippen LogP contribution in [-0.2, 0) is 10.9 Å². The minimum Gasteiger partial charge on any atom is -0.388 e. The van der Waals surface area contributed by atoms with E-state index in [0.717, 1.165) is 12.1 Å². The molecule has 1 aromatic carbocycles. The van der Waals surface area contributed by atoms with Crippen molar-refractivity contribution < 1.29 is 23.0 Å². The van der Waals surface area contributed by atoms with Crippen LogP contribution in [0.15, 0.2) is 24.3 Å². The molecule has 0 aromatic heterocycles. The zero-order chi connectivity index (χ0) is 12.2. The average molecular weight is 234 g/mol. The van der Waals surface area contributed by atoms with E-state index in [2.05, 4.69) is 0 Å². The number of benzene rings is 1. The van der Waals surface area contributed by atoms with Crippen LogP contribution in [0.5, 0.6) is 0 Å². The second kappa shape index (κ2) is 5.32. The van der Waals surface area contributed by atoms with Crippen molar-refractivity contribution in [2.24, 2.45) is 0 Å². The van der Waals surface area contributed by atoms with E-state index in [0.29, 0.717) is 6.61 Å². The van der Waals surface area contributed by atoms with E-state index in [1.807, 2.05) is 0 Å². The lowest BCUT2D eigenvalue weighted by atomic mass is 10.0. The molecule has 0 aliphatic carbocycles. The van der Waals surface area contributed by atoms with Crippen LogP contribution in [0.25, 0.3) is 0 Å². The first kappa shape index (κ1) is 13.0. The molecular formula is C11H13F3O2. The Morgan fingerprint density at radius 1 is 1.38 bits per heavy atom. The fraction of sp³-hybridized carbons (Fsp3) is 0.455. The summed E-state index contributed by atoms with van der Waals surface area (Å²) in [6.07, 6.45) is -5.03. The van der Waals surface area contributed by atoms with Gasteiger partial charge in [-0.15, -0.1) is 0 Å².